The largest absolute Gasteiger partial charge is 0.383 e. The second-order valence-electron chi connectivity index (χ2n) is 8.69. The van der Waals surface area contributed by atoms with Crippen LogP contribution in [0.15, 0.2) is 36.5 Å². The Kier molecular flexibility index (Phi) is 5.95. The second-order valence-corrected chi connectivity index (χ2v) is 8.69. The first kappa shape index (κ1) is 21.4. The standard InChI is InChI=1S/C24H27N7O2/c1-15-3-5-17-13-19(7-8-20(17)27-15)31-23-21(29-30-31)14-26-22(28-23)12-16-4-6-18(11-16)24(32)25-9-10-33-2/h3,5,7-8,13-14,16,18H,4,6,9-12H2,1-2H3,(H,25,32)/t16-,18-/m1/s1. The zero-order chi connectivity index (χ0) is 22.8. The first-order valence-corrected chi connectivity index (χ1v) is 11.3. The molecule has 0 aliphatic heterocycles. The molecule has 1 aliphatic rings. The lowest BCUT2D eigenvalue weighted by Crippen LogP contribution is -2.32. The highest BCUT2D eigenvalue weighted by Gasteiger charge is 2.30. The van der Waals surface area contributed by atoms with E-state index >= 15 is 0 Å². The third-order valence-electron chi connectivity index (χ3n) is 6.29. The molecule has 2 atom stereocenters. The minimum atomic E-state index is 0.0534. The van der Waals surface area contributed by atoms with Gasteiger partial charge in [0.25, 0.3) is 0 Å². The van der Waals surface area contributed by atoms with Crippen molar-refractivity contribution in [3.8, 4) is 5.69 Å². The molecule has 5 rings (SSSR count). The number of pyridine rings is 1. The number of fused-ring (bicyclic) bond motifs is 2. The molecular weight excluding hydrogens is 418 g/mol. The van der Waals surface area contributed by atoms with E-state index in [2.05, 4.69) is 31.7 Å². The van der Waals surface area contributed by atoms with Crippen molar-refractivity contribution in [1.82, 2.24) is 35.3 Å². The Morgan fingerprint density at radius 3 is 2.97 bits per heavy atom. The number of aryl methyl sites for hydroxylation is 1. The average Bonchev–Trinajstić information content (AvgIpc) is 3.46. The van der Waals surface area contributed by atoms with Gasteiger partial charge in [-0.15, -0.1) is 5.10 Å². The number of nitrogens with zero attached hydrogens (tertiary/aromatic N) is 6. The van der Waals surface area contributed by atoms with Gasteiger partial charge in [-0.3, -0.25) is 9.78 Å². The first-order valence-electron chi connectivity index (χ1n) is 11.3. The van der Waals surface area contributed by atoms with E-state index in [4.69, 9.17) is 9.72 Å². The van der Waals surface area contributed by atoms with Crippen LogP contribution in [0.4, 0.5) is 0 Å². The topological polar surface area (TPSA) is 108 Å². The van der Waals surface area contributed by atoms with E-state index in [0.29, 0.717) is 30.2 Å². The maximum atomic E-state index is 12.3. The summed E-state index contributed by atoms with van der Waals surface area (Å²) in [6.07, 6.45) is 5.23. The van der Waals surface area contributed by atoms with Crippen molar-refractivity contribution in [2.75, 3.05) is 20.3 Å². The van der Waals surface area contributed by atoms with Crippen molar-refractivity contribution in [3.05, 3.63) is 48.0 Å². The van der Waals surface area contributed by atoms with Crippen molar-refractivity contribution in [1.29, 1.82) is 0 Å². The fourth-order valence-corrected chi connectivity index (χ4v) is 4.56. The molecule has 170 valence electrons. The van der Waals surface area contributed by atoms with Gasteiger partial charge in [-0.2, -0.15) is 4.68 Å². The van der Waals surface area contributed by atoms with Gasteiger partial charge in [0.05, 0.1) is 24.0 Å². The van der Waals surface area contributed by atoms with E-state index in [1.807, 2.05) is 31.2 Å². The fourth-order valence-electron chi connectivity index (χ4n) is 4.56. The quantitative estimate of drug-likeness (QED) is 0.436. The van der Waals surface area contributed by atoms with Crippen LogP contribution >= 0.6 is 0 Å². The van der Waals surface area contributed by atoms with E-state index in [-0.39, 0.29) is 11.8 Å². The highest BCUT2D eigenvalue weighted by Crippen LogP contribution is 2.33. The van der Waals surface area contributed by atoms with E-state index in [1.165, 1.54) is 0 Å². The Morgan fingerprint density at radius 1 is 1.18 bits per heavy atom. The van der Waals surface area contributed by atoms with Crippen LogP contribution in [-0.2, 0) is 16.0 Å². The van der Waals surface area contributed by atoms with Crippen LogP contribution in [0, 0.1) is 18.8 Å². The number of hydrogen-bond acceptors (Lipinski definition) is 7. The monoisotopic (exact) mass is 445 g/mol. The molecule has 1 saturated carbocycles. The van der Waals surface area contributed by atoms with Gasteiger partial charge >= 0.3 is 0 Å². The third-order valence-corrected chi connectivity index (χ3v) is 6.29. The van der Waals surface area contributed by atoms with Crippen LogP contribution in [0.25, 0.3) is 27.8 Å². The lowest BCUT2D eigenvalue weighted by atomic mass is 10.0. The number of ether oxygens (including phenoxy) is 1. The van der Waals surface area contributed by atoms with Gasteiger partial charge in [0, 0.05) is 37.1 Å². The molecule has 33 heavy (non-hydrogen) atoms. The number of rotatable bonds is 7. The maximum Gasteiger partial charge on any atom is 0.223 e. The zero-order valence-electron chi connectivity index (χ0n) is 18.9. The SMILES string of the molecule is COCCNC(=O)[C@@H]1CC[C@@H](Cc2ncc3nnn(-c4ccc5nc(C)ccc5c4)c3n2)C1. The molecule has 0 saturated heterocycles. The predicted molar refractivity (Wildman–Crippen MR) is 124 cm³/mol. The molecule has 1 fully saturated rings. The second kappa shape index (κ2) is 9.19. The summed E-state index contributed by atoms with van der Waals surface area (Å²) in [4.78, 5) is 26.2. The number of hydrogen-bond donors (Lipinski definition) is 1. The third kappa shape index (κ3) is 4.54. The van der Waals surface area contributed by atoms with Gasteiger partial charge in [-0.25, -0.2) is 9.97 Å². The van der Waals surface area contributed by atoms with Crippen LogP contribution in [0.5, 0.6) is 0 Å². The molecule has 0 bridgehead atoms. The average molecular weight is 446 g/mol. The number of benzene rings is 1. The Balaban J connectivity index is 1.33. The number of carbonyl (C=O) groups is 1. The Bertz CT molecular complexity index is 1300. The van der Waals surface area contributed by atoms with E-state index in [0.717, 1.165) is 53.8 Å². The summed E-state index contributed by atoms with van der Waals surface area (Å²) in [5, 5.41) is 12.5. The predicted octanol–water partition coefficient (Wildman–Crippen LogP) is 2.79. The van der Waals surface area contributed by atoms with E-state index < -0.39 is 0 Å². The van der Waals surface area contributed by atoms with Crippen LogP contribution in [-0.4, -0.2) is 56.1 Å². The van der Waals surface area contributed by atoms with E-state index in [9.17, 15) is 4.79 Å². The minimum Gasteiger partial charge on any atom is -0.383 e. The van der Waals surface area contributed by atoms with E-state index in [1.54, 1.807) is 18.0 Å². The van der Waals surface area contributed by atoms with Crippen LogP contribution < -0.4 is 5.32 Å². The highest BCUT2D eigenvalue weighted by molar-refractivity contribution is 5.82. The van der Waals surface area contributed by atoms with Crippen molar-refractivity contribution in [2.45, 2.75) is 32.6 Å². The maximum absolute atomic E-state index is 12.3. The summed E-state index contributed by atoms with van der Waals surface area (Å²) in [7, 11) is 1.63. The highest BCUT2D eigenvalue weighted by atomic mass is 16.5. The number of methoxy groups -OCH3 is 1. The van der Waals surface area contributed by atoms with Crippen LogP contribution in [0.3, 0.4) is 0 Å². The Hall–Kier alpha value is -3.46. The molecule has 1 amide bonds. The molecule has 3 aromatic heterocycles. The van der Waals surface area contributed by atoms with Gasteiger partial charge < -0.3 is 10.1 Å². The van der Waals surface area contributed by atoms with Gasteiger partial charge in [-0.05, 0) is 56.4 Å². The lowest BCUT2D eigenvalue weighted by Gasteiger charge is -2.11. The molecule has 0 spiro atoms. The molecule has 1 aromatic carbocycles. The summed E-state index contributed by atoms with van der Waals surface area (Å²) in [5.74, 6) is 1.32. The summed E-state index contributed by atoms with van der Waals surface area (Å²) in [6.45, 7) is 3.07. The zero-order valence-corrected chi connectivity index (χ0v) is 18.9. The number of nitrogens with one attached hydrogen (secondary N) is 1. The summed E-state index contributed by atoms with van der Waals surface area (Å²) in [5.41, 5.74) is 4.16. The van der Waals surface area contributed by atoms with Crippen molar-refractivity contribution in [3.63, 3.8) is 0 Å². The molecule has 1 N–H and O–H groups in total. The summed E-state index contributed by atoms with van der Waals surface area (Å²) >= 11 is 0. The number of amides is 1. The molecule has 0 radical (unpaired) electrons. The summed E-state index contributed by atoms with van der Waals surface area (Å²) in [6, 6.07) is 10.1. The van der Waals surface area contributed by atoms with Gasteiger partial charge in [0.2, 0.25) is 5.91 Å². The van der Waals surface area contributed by atoms with Crippen LogP contribution in [0.2, 0.25) is 0 Å². The Morgan fingerprint density at radius 2 is 2.09 bits per heavy atom. The van der Waals surface area contributed by atoms with Crippen molar-refractivity contribution < 1.29 is 9.53 Å². The molecule has 3 heterocycles. The molecule has 4 aromatic rings. The Labute approximate surface area is 191 Å². The normalized spacial score (nSPS) is 18.2. The van der Waals surface area contributed by atoms with Crippen LogP contribution in [0.1, 0.15) is 30.8 Å². The van der Waals surface area contributed by atoms with Gasteiger partial charge in [0.15, 0.2) is 11.2 Å². The molecule has 9 heteroatoms. The minimum absolute atomic E-state index is 0.0534. The lowest BCUT2D eigenvalue weighted by molar-refractivity contribution is -0.125. The van der Waals surface area contributed by atoms with Crippen molar-refractivity contribution in [2.24, 2.45) is 11.8 Å². The molecule has 1 aliphatic carbocycles. The number of carbonyl (C=O) groups excluding carboxylic acids is 1. The molecule has 9 nitrogen and oxygen atoms in total. The summed E-state index contributed by atoms with van der Waals surface area (Å²) < 4.78 is 6.75. The number of aromatic nitrogens is 6. The van der Waals surface area contributed by atoms with Crippen molar-refractivity contribution >= 4 is 28.0 Å². The fraction of sp³-hybridized carbons (Fsp3) is 0.417. The van der Waals surface area contributed by atoms with Gasteiger partial charge in [-0.1, -0.05) is 11.3 Å². The van der Waals surface area contributed by atoms with Gasteiger partial charge in [0.1, 0.15) is 5.82 Å². The molecule has 0 unspecified atom stereocenters. The first-order chi connectivity index (χ1) is 16.1. The molecular formula is C24H27N7O2. The smallest absolute Gasteiger partial charge is 0.223 e.